The zero-order chi connectivity index (χ0) is 13.3. The Morgan fingerprint density at radius 1 is 1.22 bits per heavy atom. The molecule has 2 aromatic rings. The predicted molar refractivity (Wildman–Crippen MR) is 74.2 cm³/mol. The minimum atomic E-state index is -0.00434. The fourth-order valence-corrected chi connectivity index (χ4v) is 1.86. The molecule has 3 heteroatoms. The summed E-state index contributed by atoms with van der Waals surface area (Å²) in [7, 11) is 1.68. The molecule has 0 bridgehead atoms. The fraction of sp³-hybridized carbons (Fsp3) is 0.467. The number of benzene rings is 1. The van der Waals surface area contributed by atoms with Crippen LogP contribution in [0.4, 0.5) is 0 Å². The highest BCUT2D eigenvalue weighted by Crippen LogP contribution is 2.28. The van der Waals surface area contributed by atoms with Crippen molar-refractivity contribution in [2.45, 2.75) is 39.5 Å². The van der Waals surface area contributed by atoms with Crippen molar-refractivity contribution in [3.05, 3.63) is 29.6 Å². The Kier molecular flexibility index (Phi) is 3.24. The summed E-state index contributed by atoms with van der Waals surface area (Å²) in [4.78, 5) is 9.23. The van der Waals surface area contributed by atoms with Crippen molar-refractivity contribution in [1.82, 2.24) is 9.97 Å². The Bertz CT molecular complexity index is 570. The molecular weight excluding hydrogens is 224 g/mol. The third-order valence-corrected chi connectivity index (χ3v) is 3.07. The molecule has 0 spiro atoms. The van der Waals surface area contributed by atoms with Crippen molar-refractivity contribution < 1.29 is 4.74 Å². The van der Waals surface area contributed by atoms with E-state index < -0.39 is 0 Å². The summed E-state index contributed by atoms with van der Waals surface area (Å²) >= 11 is 0. The smallest absolute Gasteiger partial charge is 0.146 e. The topological polar surface area (TPSA) is 35.0 Å². The van der Waals surface area contributed by atoms with Crippen LogP contribution < -0.4 is 4.74 Å². The predicted octanol–water partition coefficient (Wildman–Crippen LogP) is 3.50. The van der Waals surface area contributed by atoms with Crippen molar-refractivity contribution in [3.63, 3.8) is 0 Å². The van der Waals surface area contributed by atoms with Crippen LogP contribution in [0.5, 0.6) is 5.75 Å². The Hall–Kier alpha value is -1.64. The van der Waals surface area contributed by atoms with Gasteiger partial charge in [0.1, 0.15) is 11.3 Å². The average molecular weight is 244 g/mol. The number of hydrogen-bond donors (Lipinski definition) is 0. The monoisotopic (exact) mass is 244 g/mol. The summed E-state index contributed by atoms with van der Waals surface area (Å²) < 4.78 is 5.44. The third kappa shape index (κ3) is 2.30. The molecule has 18 heavy (non-hydrogen) atoms. The molecule has 0 fully saturated rings. The first-order valence-corrected chi connectivity index (χ1v) is 6.30. The lowest BCUT2D eigenvalue weighted by Crippen LogP contribution is -2.14. The first-order valence-electron chi connectivity index (χ1n) is 6.30. The van der Waals surface area contributed by atoms with Gasteiger partial charge in [0, 0.05) is 11.6 Å². The molecule has 0 amide bonds. The van der Waals surface area contributed by atoms with Gasteiger partial charge in [-0.3, -0.25) is 4.98 Å². The lowest BCUT2D eigenvalue weighted by Gasteiger charge is -2.18. The van der Waals surface area contributed by atoms with E-state index in [-0.39, 0.29) is 5.41 Å². The number of fused-ring (bicyclic) bond motifs is 1. The molecule has 3 nitrogen and oxygen atoms in total. The molecule has 96 valence electrons. The molecule has 2 rings (SSSR count). The maximum absolute atomic E-state index is 5.44. The van der Waals surface area contributed by atoms with Crippen molar-refractivity contribution in [3.8, 4) is 5.75 Å². The van der Waals surface area contributed by atoms with Crippen LogP contribution in [0.25, 0.3) is 11.0 Å². The van der Waals surface area contributed by atoms with Gasteiger partial charge in [-0.15, -0.1) is 0 Å². The van der Waals surface area contributed by atoms with Crippen LogP contribution >= 0.6 is 0 Å². The van der Waals surface area contributed by atoms with Crippen LogP contribution in [0, 0.1) is 0 Å². The van der Waals surface area contributed by atoms with E-state index in [0.29, 0.717) is 0 Å². The summed E-state index contributed by atoms with van der Waals surface area (Å²) in [5.41, 5.74) is 3.95. The van der Waals surface area contributed by atoms with E-state index in [0.717, 1.165) is 28.9 Å². The maximum atomic E-state index is 5.44. The summed E-state index contributed by atoms with van der Waals surface area (Å²) in [5.74, 6) is 0.808. The normalized spacial score (nSPS) is 11.8. The number of aromatic nitrogens is 2. The molecule has 0 atom stereocenters. The lowest BCUT2D eigenvalue weighted by atomic mass is 9.92. The quantitative estimate of drug-likeness (QED) is 0.811. The molecule has 0 N–H and O–H groups in total. The van der Waals surface area contributed by atoms with Crippen molar-refractivity contribution in [1.29, 1.82) is 0 Å². The number of aryl methyl sites for hydroxylation is 1. The van der Waals surface area contributed by atoms with Gasteiger partial charge in [0.15, 0.2) is 0 Å². The molecule has 0 saturated heterocycles. The van der Waals surface area contributed by atoms with Gasteiger partial charge < -0.3 is 4.74 Å². The number of rotatable bonds is 2. The molecular formula is C15H20N2O. The van der Waals surface area contributed by atoms with E-state index in [1.807, 2.05) is 12.3 Å². The van der Waals surface area contributed by atoms with Gasteiger partial charge in [-0.25, -0.2) is 4.98 Å². The largest absolute Gasteiger partial charge is 0.494 e. The highest BCUT2D eigenvalue weighted by Gasteiger charge is 2.17. The van der Waals surface area contributed by atoms with Crippen molar-refractivity contribution >= 4 is 11.0 Å². The average Bonchev–Trinajstić information content (AvgIpc) is 2.35. The highest BCUT2D eigenvalue weighted by atomic mass is 16.5. The summed E-state index contributed by atoms with van der Waals surface area (Å²) in [5, 5.41) is 0. The van der Waals surface area contributed by atoms with Crippen LogP contribution in [-0.2, 0) is 11.8 Å². The van der Waals surface area contributed by atoms with Crippen molar-refractivity contribution in [2.24, 2.45) is 0 Å². The summed E-state index contributed by atoms with van der Waals surface area (Å²) in [6.07, 6.45) is 2.83. The second-order valence-corrected chi connectivity index (χ2v) is 5.52. The van der Waals surface area contributed by atoms with Crippen LogP contribution in [0.1, 0.15) is 39.0 Å². The maximum Gasteiger partial charge on any atom is 0.146 e. The summed E-state index contributed by atoms with van der Waals surface area (Å²) in [6, 6.07) is 4.13. The molecule has 0 unspecified atom stereocenters. The van der Waals surface area contributed by atoms with E-state index >= 15 is 0 Å². The first kappa shape index (κ1) is 12.8. The standard InChI is InChI=1S/C15H20N2O/c1-6-10-7-11-14(12(8-10)18-5)17-13(9-16-11)15(2,3)4/h7-9H,6H2,1-5H3. The SMILES string of the molecule is CCc1cc(OC)c2nc(C(C)(C)C)cnc2c1. The third-order valence-electron chi connectivity index (χ3n) is 3.07. The zero-order valence-corrected chi connectivity index (χ0v) is 11.7. The Morgan fingerprint density at radius 3 is 2.50 bits per heavy atom. The van der Waals surface area contributed by atoms with Gasteiger partial charge in [0.25, 0.3) is 0 Å². The van der Waals surface area contributed by atoms with Crippen LogP contribution in [-0.4, -0.2) is 17.1 Å². The highest BCUT2D eigenvalue weighted by molar-refractivity contribution is 5.82. The fourth-order valence-electron chi connectivity index (χ4n) is 1.86. The molecule has 1 aromatic heterocycles. The van der Waals surface area contributed by atoms with Gasteiger partial charge >= 0.3 is 0 Å². The second-order valence-electron chi connectivity index (χ2n) is 5.52. The Morgan fingerprint density at radius 2 is 1.94 bits per heavy atom. The lowest BCUT2D eigenvalue weighted by molar-refractivity contribution is 0.418. The number of methoxy groups -OCH3 is 1. The van der Waals surface area contributed by atoms with Crippen molar-refractivity contribution in [2.75, 3.05) is 7.11 Å². The van der Waals surface area contributed by atoms with E-state index in [4.69, 9.17) is 9.72 Å². The van der Waals surface area contributed by atoms with Gasteiger partial charge in [0.2, 0.25) is 0 Å². The van der Waals surface area contributed by atoms with Gasteiger partial charge in [-0.2, -0.15) is 0 Å². The molecule has 0 saturated carbocycles. The minimum Gasteiger partial charge on any atom is -0.494 e. The minimum absolute atomic E-state index is 0.00434. The molecule has 0 aliphatic rings. The van der Waals surface area contributed by atoms with Crippen LogP contribution in [0.2, 0.25) is 0 Å². The van der Waals surface area contributed by atoms with Gasteiger partial charge in [-0.05, 0) is 24.1 Å². The van der Waals surface area contributed by atoms with E-state index in [2.05, 4.69) is 38.7 Å². The first-order chi connectivity index (χ1) is 8.45. The van der Waals surface area contributed by atoms with E-state index in [1.165, 1.54) is 5.56 Å². The number of ether oxygens (including phenoxy) is 1. The van der Waals surface area contributed by atoms with E-state index in [1.54, 1.807) is 7.11 Å². The number of nitrogens with zero attached hydrogens (tertiary/aromatic N) is 2. The molecule has 0 radical (unpaired) electrons. The molecule has 1 aromatic carbocycles. The molecule has 1 heterocycles. The molecule has 0 aliphatic heterocycles. The van der Waals surface area contributed by atoms with Gasteiger partial charge in [0.05, 0.1) is 18.3 Å². The van der Waals surface area contributed by atoms with E-state index in [9.17, 15) is 0 Å². The van der Waals surface area contributed by atoms with Crippen LogP contribution in [0.3, 0.4) is 0 Å². The summed E-state index contributed by atoms with van der Waals surface area (Å²) in [6.45, 7) is 8.53. The van der Waals surface area contributed by atoms with Crippen LogP contribution in [0.15, 0.2) is 18.3 Å². The Balaban J connectivity index is 2.69. The number of hydrogen-bond acceptors (Lipinski definition) is 3. The Labute approximate surface area is 108 Å². The second kappa shape index (κ2) is 4.56. The van der Waals surface area contributed by atoms with Gasteiger partial charge in [-0.1, -0.05) is 27.7 Å². The molecule has 0 aliphatic carbocycles. The zero-order valence-electron chi connectivity index (χ0n) is 11.7.